The number of ether oxygens (including phenoxy) is 2. The van der Waals surface area contributed by atoms with Gasteiger partial charge in [0, 0.05) is 21.5 Å². The molecule has 142 valence electrons. The summed E-state index contributed by atoms with van der Waals surface area (Å²) in [6.07, 6.45) is 3.13. The van der Waals surface area contributed by atoms with Crippen molar-refractivity contribution in [2.24, 2.45) is 5.41 Å². The standard InChI is InChI=1S/C25H23BrO2/c1-27-21-11-12-22(28-2)23-19(21)15-25(24(23)16-7-4-3-5-8-16)13-17-9-6-10-20(26)18(17)14-25/h3-12,24H,13-15H2,1-2H3/t24-,25+/m0/s1. The molecule has 0 saturated heterocycles. The summed E-state index contributed by atoms with van der Waals surface area (Å²) < 4.78 is 12.9. The highest BCUT2D eigenvalue weighted by Crippen LogP contribution is 2.61. The van der Waals surface area contributed by atoms with Crippen LogP contribution in [0.5, 0.6) is 11.5 Å². The topological polar surface area (TPSA) is 18.5 Å². The number of hydrogen-bond donors (Lipinski definition) is 0. The minimum Gasteiger partial charge on any atom is -0.496 e. The van der Waals surface area contributed by atoms with Crippen LogP contribution in [0, 0.1) is 5.41 Å². The van der Waals surface area contributed by atoms with Crippen LogP contribution >= 0.6 is 15.9 Å². The highest BCUT2D eigenvalue weighted by molar-refractivity contribution is 9.10. The Bertz CT molecular complexity index is 1040. The third-order valence-corrected chi connectivity index (χ3v) is 7.31. The Kier molecular flexibility index (Phi) is 4.24. The molecule has 0 aliphatic heterocycles. The zero-order valence-corrected chi connectivity index (χ0v) is 17.8. The number of hydrogen-bond acceptors (Lipinski definition) is 2. The maximum atomic E-state index is 5.85. The maximum absolute atomic E-state index is 5.85. The van der Waals surface area contributed by atoms with Crippen molar-refractivity contribution in [2.75, 3.05) is 14.2 Å². The molecule has 28 heavy (non-hydrogen) atoms. The molecule has 0 bridgehead atoms. The Morgan fingerprint density at radius 2 is 1.50 bits per heavy atom. The highest BCUT2D eigenvalue weighted by Gasteiger charge is 2.52. The van der Waals surface area contributed by atoms with Gasteiger partial charge < -0.3 is 9.47 Å². The maximum Gasteiger partial charge on any atom is 0.123 e. The van der Waals surface area contributed by atoms with Crippen molar-refractivity contribution in [1.82, 2.24) is 0 Å². The van der Waals surface area contributed by atoms with Crippen LogP contribution in [-0.4, -0.2) is 14.2 Å². The molecule has 3 aromatic rings. The molecule has 3 aromatic carbocycles. The summed E-state index contributed by atoms with van der Waals surface area (Å²) >= 11 is 3.80. The van der Waals surface area contributed by atoms with E-state index in [1.807, 2.05) is 0 Å². The number of halogens is 1. The van der Waals surface area contributed by atoms with E-state index in [1.165, 1.54) is 32.3 Å². The Morgan fingerprint density at radius 3 is 2.21 bits per heavy atom. The summed E-state index contributed by atoms with van der Waals surface area (Å²) in [4.78, 5) is 0. The van der Waals surface area contributed by atoms with Gasteiger partial charge in [-0.3, -0.25) is 0 Å². The lowest BCUT2D eigenvalue weighted by Crippen LogP contribution is -2.28. The highest BCUT2D eigenvalue weighted by atomic mass is 79.9. The van der Waals surface area contributed by atoms with E-state index in [0.29, 0.717) is 0 Å². The molecule has 2 atom stereocenters. The van der Waals surface area contributed by atoms with Crippen LogP contribution in [0.2, 0.25) is 0 Å². The smallest absolute Gasteiger partial charge is 0.123 e. The third kappa shape index (κ3) is 2.52. The Balaban J connectivity index is 1.74. The summed E-state index contributed by atoms with van der Waals surface area (Å²) in [5.41, 5.74) is 6.99. The van der Waals surface area contributed by atoms with Crippen molar-refractivity contribution in [3.63, 3.8) is 0 Å². The van der Waals surface area contributed by atoms with Crippen LogP contribution in [0.15, 0.2) is 65.1 Å². The molecule has 0 unspecified atom stereocenters. The monoisotopic (exact) mass is 434 g/mol. The summed E-state index contributed by atoms with van der Waals surface area (Å²) in [7, 11) is 3.54. The number of methoxy groups -OCH3 is 2. The summed E-state index contributed by atoms with van der Waals surface area (Å²) in [6, 6.07) is 21.6. The van der Waals surface area contributed by atoms with Gasteiger partial charge in [0.2, 0.25) is 0 Å². The fraction of sp³-hybridized carbons (Fsp3) is 0.280. The lowest BCUT2D eigenvalue weighted by molar-refractivity contribution is 0.282. The molecule has 0 heterocycles. The van der Waals surface area contributed by atoms with Crippen LogP contribution in [0.4, 0.5) is 0 Å². The summed E-state index contributed by atoms with van der Waals surface area (Å²) in [6.45, 7) is 0. The first-order valence-corrected chi connectivity index (χ1v) is 10.5. The first-order chi connectivity index (χ1) is 13.7. The predicted molar refractivity (Wildman–Crippen MR) is 116 cm³/mol. The van der Waals surface area contributed by atoms with E-state index in [2.05, 4.69) is 76.6 Å². The van der Waals surface area contributed by atoms with Gasteiger partial charge in [0.25, 0.3) is 0 Å². The molecule has 0 saturated carbocycles. The molecule has 1 spiro atoms. The second-order valence-corrected chi connectivity index (χ2v) is 8.83. The normalized spacial score (nSPS) is 22.2. The van der Waals surface area contributed by atoms with Crippen molar-refractivity contribution in [3.05, 3.63) is 93.0 Å². The quantitative estimate of drug-likeness (QED) is 0.507. The lowest BCUT2D eigenvalue weighted by atomic mass is 9.70. The summed E-state index contributed by atoms with van der Waals surface area (Å²) in [5, 5.41) is 0. The van der Waals surface area contributed by atoms with Crippen LogP contribution < -0.4 is 9.47 Å². The van der Waals surface area contributed by atoms with E-state index in [1.54, 1.807) is 14.2 Å². The first-order valence-electron chi connectivity index (χ1n) is 9.72. The zero-order chi connectivity index (χ0) is 19.3. The van der Waals surface area contributed by atoms with E-state index in [-0.39, 0.29) is 11.3 Å². The predicted octanol–water partition coefficient (Wildman–Crippen LogP) is 5.94. The number of fused-ring (bicyclic) bond motifs is 2. The molecule has 2 nitrogen and oxygen atoms in total. The minimum absolute atomic E-state index is 0.109. The number of benzene rings is 3. The van der Waals surface area contributed by atoms with Gasteiger partial charge >= 0.3 is 0 Å². The van der Waals surface area contributed by atoms with Crippen LogP contribution in [0.1, 0.15) is 33.7 Å². The van der Waals surface area contributed by atoms with E-state index in [4.69, 9.17) is 9.47 Å². The van der Waals surface area contributed by atoms with Gasteiger partial charge in [0.05, 0.1) is 14.2 Å². The Labute approximate surface area is 174 Å². The second-order valence-electron chi connectivity index (χ2n) is 7.98. The molecular weight excluding hydrogens is 412 g/mol. The van der Waals surface area contributed by atoms with Gasteiger partial charge in [-0.2, -0.15) is 0 Å². The van der Waals surface area contributed by atoms with Crippen LogP contribution in [0.3, 0.4) is 0 Å². The Morgan fingerprint density at radius 1 is 0.786 bits per heavy atom. The molecular formula is C25H23BrO2. The SMILES string of the molecule is COc1ccc(OC)c2c1C[C@]1(Cc3cccc(Br)c3C1)[C@H]2c1ccccc1. The van der Waals surface area contributed by atoms with Crippen molar-refractivity contribution in [2.45, 2.75) is 25.2 Å². The fourth-order valence-corrected chi connectivity index (χ4v) is 6.05. The molecule has 5 rings (SSSR count). The fourth-order valence-electron chi connectivity index (χ4n) is 5.51. The average Bonchev–Trinajstić information content (AvgIpc) is 3.26. The molecule has 0 N–H and O–H groups in total. The van der Waals surface area contributed by atoms with Crippen LogP contribution in [0.25, 0.3) is 0 Å². The lowest BCUT2D eigenvalue weighted by Gasteiger charge is -2.32. The van der Waals surface area contributed by atoms with Crippen molar-refractivity contribution in [3.8, 4) is 11.5 Å². The second kappa shape index (κ2) is 6.66. The van der Waals surface area contributed by atoms with E-state index in [0.717, 1.165) is 30.8 Å². The van der Waals surface area contributed by atoms with Gasteiger partial charge in [0.15, 0.2) is 0 Å². The van der Waals surface area contributed by atoms with Gasteiger partial charge in [0.1, 0.15) is 11.5 Å². The zero-order valence-electron chi connectivity index (χ0n) is 16.2. The molecule has 2 aliphatic rings. The molecule has 2 aliphatic carbocycles. The molecule has 0 radical (unpaired) electrons. The van der Waals surface area contributed by atoms with Crippen molar-refractivity contribution in [1.29, 1.82) is 0 Å². The van der Waals surface area contributed by atoms with E-state index in [9.17, 15) is 0 Å². The average molecular weight is 435 g/mol. The van der Waals surface area contributed by atoms with E-state index >= 15 is 0 Å². The van der Waals surface area contributed by atoms with Crippen molar-refractivity contribution >= 4 is 15.9 Å². The molecule has 0 aromatic heterocycles. The van der Waals surface area contributed by atoms with E-state index < -0.39 is 0 Å². The van der Waals surface area contributed by atoms with Gasteiger partial charge in [-0.25, -0.2) is 0 Å². The largest absolute Gasteiger partial charge is 0.496 e. The number of rotatable bonds is 3. The Hall–Kier alpha value is -2.26. The van der Waals surface area contributed by atoms with Gasteiger partial charge in [-0.1, -0.05) is 58.4 Å². The van der Waals surface area contributed by atoms with Gasteiger partial charge in [-0.05, 0) is 59.6 Å². The summed E-state index contributed by atoms with van der Waals surface area (Å²) in [5.74, 6) is 2.23. The molecule has 0 fully saturated rings. The molecule has 0 amide bonds. The van der Waals surface area contributed by atoms with Crippen molar-refractivity contribution < 1.29 is 9.47 Å². The third-order valence-electron chi connectivity index (χ3n) is 6.56. The van der Waals surface area contributed by atoms with Crippen LogP contribution in [-0.2, 0) is 19.3 Å². The molecule has 3 heteroatoms. The minimum atomic E-state index is 0.109. The van der Waals surface area contributed by atoms with Gasteiger partial charge in [-0.15, -0.1) is 0 Å². The first kappa shape index (κ1) is 17.8.